The third-order valence-corrected chi connectivity index (χ3v) is 3.55. The lowest BCUT2D eigenvalue weighted by atomic mass is 10.2. The zero-order valence-electron chi connectivity index (χ0n) is 12.9. The zero-order chi connectivity index (χ0) is 15.6. The van der Waals surface area contributed by atoms with E-state index in [1.54, 1.807) is 7.11 Å². The Morgan fingerprint density at radius 3 is 2.27 bits per heavy atom. The van der Waals surface area contributed by atoms with Crippen LogP contribution >= 0.6 is 11.6 Å². The molecule has 0 amide bonds. The van der Waals surface area contributed by atoms with Crippen LogP contribution in [0.2, 0.25) is 0 Å². The van der Waals surface area contributed by atoms with Crippen molar-refractivity contribution in [1.29, 1.82) is 0 Å². The van der Waals surface area contributed by atoms with Gasteiger partial charge in [-0.05, 0) is 17.7 Å². The van der Waals surface area contributed by atoms with Gasteiger partial charge in [-0.25, -0.2) is 0 Å². The van der Waals surface area contributed by atoms with Crippen LogP contribution < -0.4 is 9.47 Å². The Kier molecular flexibility index (Phi) is 7.07. The van der Waals surface area contributed by atoms with E-state index in [4.69, 9.17) is 21.1 Å². The second-order valence-electron chi connectivity index (χ2n) is 4.95. The summed E-state index contributed by atoms with van der Waals surface area (Å²) in [6.07, 6.45) is 0. The van der Waals surface area contributed by atoms with Crippen LogP contribution in [0.1, 0.15) is 5.56 Å². The molecule has 3 nitrogen and oxygen atoms in total. The second kappa shape index (κ2) is 9.34. The van der Waals surface area contributed by atoms with Crippen LogP contribution in [0.4, 0.5) is 0 Å². The molecule has 0 spiro atoms. The molecule has 0 unspecified atom stereocenters. The van der Waals surface area contributed by atoms with Crippen LogP contribution in [-0.4, -0.2) is 37.6 Å². The third-order valence-electron chi connectivity index (χ3n) is 3.38. The minimum absolute atomic E-state index is 0.601. The molecule has 0 aliphatic rings. The van der Waals surface area contributed by atoms with E-state index in [0.717, 1.165) is 31.1 Å². The van der Waals surface area contributed by atoms with Crippen LogP contribution in [0.5, 0.6) is 11.5 Å². The van der Waals surface area contributed by atoms with E-state index < -0.39 is 0 Å². The normalized spacial score (nSPS) is 10.7. The van der Waals surface area contributed by atoms with Crippen molar-refractivity contribution in [2.24, 2.45) is 0 Å². The van der Waals surface area contributed by atoms with Gasteiger partial charge in [0.25, 0.3) is 0 Å². The highest BCUT2D eigenvalue weighted by atomic mass is 35.5. The molecule has 0 aromatic heterocycles. The van der Waals surface area contributed by atoms with Gasteiger partial charge in [0.1, 0.15) is 6.61 Å². The number of hydrogen-bond acceptors (Lipinski definition) is 3. The van der Waals surface area contributed by atoms with Crippen LogP contribution in [0.25, 0.3) is 0 Å². The molecule has 0 N–H and O–H groups in total. The summed E-state index contributed by atoms with van der Waals surface area (Å²) < 4.78 is 11.1. The number of ether oxygens (including phenoxy) is 2. The molecule has 0 fully saturated rings. The molecular weight excluding hydrogens is 298 g/mol. The minimum atomic E-state index is 0.601. The third kappa shape index (κ3) is 5.24. The monoisotopic (exact) mass is 319 g/mol. The molecule has 2 aromatic rings. The average Bonchev–Trinajstić information content (AvgIpc) is 2.56. The maximum Gasteiger partial charge on any atom is 0.161 e. The van der Waals surface area contributed by atoms with Gasteiger partial charge in [0.05, 0.1) is 7.11 Å². The Hall–Kier alpha value is -1.71. The SMILES string of the molecule is COc1ccccc1OCCN(CCCl)Cc1ccccc1. The first-order chi connectivity index (χ1) is 10.8. The summed E-state index contributed by atoms with van der Waals surface area (Å²) in [5, 5.41) is 0. The fourth-order valence-corrected chi connectivity index (χ4v) is 2.49. The van der Waals surface area contributed by atoms with E-state index in [9.17, 15) is 0 Å². The molecule has 0 saturated heterocycles. The number of methoxy groups -OCH3 is 1. The van der Waals surface area contributed by atoms with Gasteiger partial charge in [0.2, 0.25) is 0 Å². The molecule has 2 aromatic carbocycles. The number of halogens is 1. The molecule has 0 atom stereocenters. The molecule has 22 heavy (non-hydrogen) atoms. The predicted molar refractivity (Wildman–Crippen MR) is 90.9 cm³/mol. The molecule has 2 rings (SSSR count). The van der Waals surface area contributed by atoms with Gasteiger partial charge in [-0.2, -0.15) is 0 Å². The topological polar surface area (TPSA) is 21.7 Å². The second-order valence-corrected chi connectivity index (χ2v) is 5.33. The Bertz CT molecular complexity index is 548. The van der Waals surface area contributed by atoms with Crippen molar-refractivity contribution < 1.29 is 9.47 Å². The summed E-state index contributed by atoms with van der Waals surface area (Å²) in [4.78, 5) is 2.29. The van der Waals surface area contributed by atoms with Gasteiger partial charge < -0.3 is 9.47 Å². The summed E-state index contributed by atoms with van der Waals surface area (Å²) in [5.74, 6) is 2.14. The number of hydrogen-bond donors (Lipinski definition) is 0. The first-order valence-corrected chi connectivity index (χ1v) is 7.95. The van der Waals surface area contributed by atoms with Crippen LogP contribution in [0.15, 0.2) is 54.6 Å². The van der Waals surface area contributed by atoms with E-state index in [0.29, 0.717) is 12.5 Å². The summed E-state index contributed by atoms with van der Waals surface area (Å²) in [7, 11) is 1.65. The molecular formula is C18H22ClNO2. The summed E-state index contributed by atoms with van der Waals surface area (Å²) in [6, 6.07) is 18.1. The lowest BCUT2D eigenvalue weighted by Gasteiger charge is -2.21. The molecule has 0 heterocycles. The number of alkyl halides is 1. The lowest BCUT2D eigenvalue weighted by molar-refractivity contribution is 0.206. The van der Waals surface area contributed by atoms with Crippen molar-refractivity contribution in [3.05, 3.63) is 60.2 Å². The largest absolute Gasteiger partial charge is 0.493 e. The van der Waals surface area contributed by atoms with Gasteiger partial charge in [0, 0.05) is 25.5 Å². The number of nitrogens with zero attached hydrogens (tertiary/aromatic N) is 1. The predicted octanol–water partition coefficient (Wildman–Crippen LogP) is 3.82. The highest BCUT2D eigenvalue weighted by Gasteiger charge is 2.07. The average molecular weight is 320 g/mol. The van der Waals surface area contributed by atoms with Crippen LogP contribution in [0, 0.1) is 0 Å². The number of para-hydroxylation sites is 2. The summed E-state index contributed by atoms with van der Waals surface area (Å²) in [5.41, 5.74) is 1.28. The van der Waals surface area contributed by atoms with E-state index in [1.165, 1.54) is 5.56 Å². The minimum Gasteiger partial charge on any atom is -0.493 e. The van der Waals surface area contributed by atoms with Gasteiger partial charge in [-0.3, -0.25) is 4.90 Å². The maximum atomic E-state index is 5.90. The first kappa shape index (κ1) is 16.7. The van der Waals surface area contributed by atoms with Crippen molar-refractivity contribution in [3.63, 3.8) is 0 Å². The van der Waals surface area contributed by atoms with Crippen LogP contribution in [0.3, 0.4) is 0 Å². The standard InChI is InChI=1S/C18H22ClNO2/c1-21-17-9-5-6-10-18(17)22-14-13-20(12-11-19)15-16-7-3-2-4-8-16/h2-10H,11-15H2,1H3. The molecule has 4 heteroatoms. The highest BCUT2D eigenvalue weighted by molar-refractivity contribution is 6.18. The fraction of sp³-hybridized carbons (Fsp3) is 0.333. The summed E-state index contributed by atoms with van der Waals surface area (Å²) >= 11 is 5.90. The Labute approximate surface area is 137 Å². The molecule has 0 aliphatic carbocycles. The van der Waals surface area contributed by atoms with Crippen LogP contribution in [-0.2, 0) is 6.54 Å². The van der Waals surface area contributed by atoms with Gasteiger partial charge >= 0.3 is 0 Å². The Morgan fingerprint density at radius 2 is 1.59 bits per heavy atom. The van der Waals surface area contributed by atoms with E-state index in [2.05, 4.69) is 29.2 Å². The molecule has 0 bridgehead atoms. The Morgan fingerprint density at radius 1 is 0.909 bits per heavy atom. The molecule has 0 saturated carbocycles. The Balaban J connectivity index is 1.86. The highest BCUT2D eigenvalue weighted by Crippen LogP contribution is 2.25. The van der Waals surface area contributed by atoms with E-state index >= 15 is 0 Å². The van der Waals surface area contributed by atoms with E-state index in [1.807, 2.05) is 30.3 Å². The number of benzene rings is 2. The van der Waals surface area contributed by atoms with Crippen molar-refractivity contribution in [2.45, 2.75) is 6.54 Å². The summed E-state index contributed by atoms with van der Waals surface area (Å²) in [6.45, 7) is 3.14. The number of rotatable bonds is 9. The smallest absolute Gasteiger partial charge is 0.161 e. The van der Waals surface area contributed by atoms with Gasteiger partial charge in [-0.1, -0.05) is 42.5 Å². The molecule has 118 valence electrons. The van der Waals surface area contributed by atoms with Gasteiger partial charge in [-0.15, -0.1) is 11.6 Å². The van der Waals surface area contributed by atoms with Crippen molar-refractivity contribution in [1.82, 2.24) is 4.90 Å². The molecule has 0 aliphatic heterocycles. The fourth-order valence-electron chi connectivity index (χ4n) is 2.25. The van der Waals surface area contributed by atoms with Crippen molar-refractivity contribution in [3.8, 4) is 11.5 Å². The van der Waals surface area contributed by atoms with E-state index in [-0.39, 0.29) is 0 Å². The zero-order valence-corrected chi connectivity index (χ0v) is 13.6. The maximum absolute atomic E-state index is 5.90. The first-order valence-electron chi connectivity index (χ1n) is 7.41. The lowest BCUT2D eigenvalue weighted by Crippen LogP contribution is -2.30. The van der Waals surface area contributed by atoms with Gasteiger partial charge in [0.15, 0.2) is 11.5 Å². The van der Waals surface area contributed by atoms with Crippen molar-refractivity contribution in [2.75, 3.05) is 32.7 Å². The van der Waals surface area contributed by atoms with Crippen molar-refractivity contribution >= 4 is 11.6 Å². The molecule has 0 radical (unpaired) electrons. The quantitative estimate of drug-likeness (QED) is 0.656.